The van der Waals surface area contributed by atoms with E-state index in [0.717, 1.165) is 22.7 Å². The normalized spacial score (nSPS) is 12.0. The van der Waals surface area contributed by atoms with Gasteiger partial charge in [0.25, 0.3) is 0 Å². The van der Waals surface area contributed by atoms with Crippen LogP contribution >= 0.6 is 0 Å². The molecule has 0 aliphatic carbocycles. The highest BCUT2D eigenvalue weighted by Crippen LogP contribution is 2.35. The Balaban J connectivity index is 1.86. The fraction of sp³-hybridized carbons (Fsp3) is 0.192. The van der Waals surface area contributed by atoms with Gasteiger partial charge in [-0.3, -0.25) is 9.78 Å². The molecular weight excluding hydrogens is 483 g/mol. The van der Waals surface area contributed by atoms with Crippen molar-refractivity contribution in [1.82, 2.24) is 14.5 Å². The first-order chi connectivity index (χ1) is 17.1. The molecule has 3 aromatic heterocycles. The third kappa shape index (κ3) is 3.87. The summed E-state index contributed by atoms with van der Waals surface area (Å²) in [6.07, 6.45) is 2.65. The zero-order valence-electron chi connectivity index (χ0n) is 19.7. The first-order valence-electron chi connectivity index (χ1n) is 11.3. The molecule has 0 atom stereocenters. The number of benzene rings is 2. The van der Waals surface area contributed by atoms with Crippen molar-refractivity contribution >= 4 is 43.3 Å². The Morgan fingerprint density at radius 1 is 1.17 bits per heavy atom. The number of aryl methyl sites for hydroxylation is 1. The molecule has 0 amide bonds. The second-order valence-corrected chi connectivity index (χ2v) is 9.74. The number of H-pyrrole nitrogens is 1. The van der Waals surface area contributed by atoms with E-state index >= 15 is 0 Å². The summed E-state index contributed by atoms with van der Waals surface area (Å²) < 4.78 is 41.5. The predicted molar refractivity (Wildman–Crippen MR) is 136 cm³/mol. The van der Waals surface area contributed by atoms with Gasteiger partial charge in [0.05, 0.1) is 28.7 Å². The van der Waals surface area contributed by atoms with Crippen LogP contribution in [-0.2, 0) is 17.0 Å². The van der Waals surface area contributed by atoms with Crippen molar-refractivity contribution in [2.75, 3.05) is 0 Å². The molecule has 0 unspecified atom stereocenters. The molecule has 5 rings (SSSR count). The highest BCUT2D eigenvalue weighted by Gasteiger charge is 2.20. The molecule has 10 heteroatoms. The Hall–Kier alpha value is -4.23. The van der Waals surface area contributed by atoms with Gasteiger partial charge in [-0.2, -0.15) is 13.7 Å². The standard InChI is InChI=1S/C26H21FN4O4S/c1-4-31-23-10-20(16-8-17(13-29-12-16)35-36(27,33)34)19(14(2)3)9-21(23)25(32)24-18-6-5-15(11-28)7-22(18)30-26(24)31/h5-10,12-14,30H,4H2,1-3H3. The molecule has 2 aromatic carbocycles. The van der Waals surface area contributed by atoms with E-state index in [9.17, 15) is 22.4 Å². The summed E-state index contributed by atoms with van der Waals surface area (Å²) in [5, 5.41) is 11.1. The Labute approximate surface area is 206 Å². The average molecular weight is 505 g/mol. The van der Waals surface area contributed by atoms with E-state index in [1.165, 1.54) is 12.3 Å². The third-order valence-corrected chi connectivity index (χ3v) is 6.66. The third-order valence-electron chi connectivity index (χ3n) is 6.27. The van der Waals surface area contributed by atoms with E-state index in [0.29, 0.717) is 45.1 Å². The zero-order chi connectivity index (χ0) is 25.8. The van der Waals surface area contributed by atoms with E-state index in [2.05, 4.69) is 20.2 Å². The van der Waals surface area contributed by atoms with Gasteiger partial charge in [-0.05, 0) is 54.3 Å². The van der Waals surface area contributed by atoms with E-state index < -0.39 is 10.5 Å². The Kier molecular flexibility index (Phi) is 5.53. The molecule has 0 aliphatic rings. The van der Waals surface area contributed by atoms with Crippen LogP contribution in [0.15, 0.2) is 53.6 Å². The maximum Gasteiger partial charge on any atom is 0.488 e. The minimum Gasteiger partial charge on any atom is -0.357 e. The van der Waals surface area contributed by atoms with Gasteiger partial charge in [-0.15, -0.1) is 0 Å². The van der Waals surface area contributed by atoms with Gasteiger partial charge in [-0.1, -0.05) is 23.8 Å². The van der Waals surface area contributed by atoms with Crippen molar-refractivity contribution in [2.45, 2.75) is 33.2 Å². The SMILES string of the molecule is CCn1c2cc(-c3cncc(OS(=O)(=O)F)c3)c(C(C)C)cc2c(=O)c2c3ccc(C#N)cc3[nH]c21. The predicted octanol–water partition coefficient (Wildman–Crippen LogP) is 5.31. The van der Waals surface area contributed by atoms with Crippen LogP contribution in [0.25, 0.3) is 44.0 Å². The van der Waals surface area contributed by atoms with Crippen molar-refractivity contribution in [1.29, 1.82) is 5.26 Å². The van der Waals surface area contributed by atoms with Crippen LogP contribution in [-0.4, -0.2) is 23.0 Å². The van der Waals surface area contributed by atoms with Crippen LogP contribution in [0.1, 0.15) is 37.8 Å². The first-order valence-corrected chi connectivity index (χ1v) is 12.6. The lowest BCUT2D eigenvalue weighted by Crippen LogP contribution is -2.11. The van der Waals surface area contributed by atoms with Crippen LogP contribution in [0.4, 0.5) is 3.89 Å². The van der Waals surface area contributed by atoms with E-state index in [4.69, 9.17) is 0 Å². The second-order valence-electron chi connectivity index (χ2n) is 8.79. The highest BCUT2D eigenvalue weighted by atomic mass is 32.3. The number of nitrogens with zero attached hydrogens (tertiary/aromatic N) is 3. The first kappa shape index (κ1) is 23.5. The quantitative estimate of drug-likeness (QED) is 0.324. The lowest BCUT2D eigenvalue weighted by atomic mass is 9.91. The van der Waals surface area contributed by atoms with Crippen molar-refractivity contribution in [3.63, 3.8) is 0 Å². The number of hydrogen-bond donors (Lipinski definition) is 1. The van der Waals surface area contributed by atoms with Gasteiger partial charge >= 0.3 is 10.5 Å². The van der Waals surface area contributed by atoms with Gasteiger partial charge in [0.1, 0.15) is 5.65 Å². The molecule has 0 radical (unpaired) electrons. The molecule has 182 valence electrons. The molecule has 36 heavy (non-hydrogen) atoms. The minimum absolute atomic E-state index is 0.00483. The van der Waals surface area contributed by atoms with Crippen LogP contribution in [0.3, 0.4) is 0 Å². The van der Waals surface area contributed by atoms with Gasteiger partial charge in [0, 0.05) is 34.6 Å². The van der Waals surface area contributed by atoms with Crippen molar-refractivity contribution in [3.05, 3.63) is 70.1 Å². The van der Waals surface area contributed by atoms with Gasteiger partial charge in [0.2, 0.25) is 0 Å². The topological polar surface area (TPSA) is 118 Å². The molecule has 1 N–H and O–H groups in total. The monoisotopic (exact) mass is 504 g/mol. The molecule has 8 nitrogen and oxygen atoms in total. The van der Waals surface area contributed by atoms with Crippen LogP contribution in [0.5, 0.6) is 5.75 Å². The number of halogens is 1. The smallest absolute Gasteiger partial charge is 0.357 e. The highest BCUT2D eigenvalue weighted by molar-refractivity contribution is 7.81. The molecule has 0 saturated carbocycles. The van der Waals surface area contributed by atoms with Gasteiger partial charge in [0.15, 0.2) is 11.2 Å². The van der Waals surface area contributed by atoms with Crippen molar-refractivity contribution < 1.29 is 16.5 Å². The van der Waals surface area contributed by atoms with Crippen LogP contribution in [0, 0.1) is 11.3 Å². The maximum atomic E-state index is 13.8. The number of aromatic nitrogens is 3. The summed E-state index contributed by atoms with van der Waals surface area (Å²) >= 11 is 0. The van der Waals surface area contributed by atoms with Crippen LogP contribution in [0.2, 0.25) is 0 Å². The Bertz CT molecular complexity index is 1900. The number of nitrogens with one attached hydrogen (secondary N) is 1. The molecule has 0 bridgehead atoms. The molecule has 0 aliphatic heterocycles. The van der Waals surface area contributed by atoms with E-state index in [-0.39, 0.29) is 17.1 Å². The summed E-state index contributed by atoms with van der Waals surface area (Å²) in [6.45, 7) is 6.48. The molecule has 5 aromatic rings. The maximum absolute atomic E-state index is 13.8. The van der Waals surface area contributed by atoms with Gasteiger partial charge in [-0.25, -0.2) is 0 Å². The van der Waals surface area contributed by atoms with E-state index in [1.54, 1.807) is 18.2 Å². The fourth-order valence-electron chi connectivity index (χ4n) is 4.73. The van der Waals surface area contributed by atoms with Crippen LogP contribution < -0.4 is 9.61 Å². The van der Waals surface area contributed by atoms with Gasteiger partial charge < -0.3 is 13.7 Å². The van der Waals surface area contributed by atoms with Crippen molar-refractivity contribution in [2.24, 2.45) is 0 Å². The molecular formula is C26H21FN4O4S. The lowest BCUT2D eigenvalue weighted by Gasteiger charge is -2.18. The Morgan fingerprint density at radius 3 is 2.61 bits per heavy atom. The van der Waals surface area contributed by atoms with Crippen molar-refractivity contribution in [3.8, 4) is 22.9 Å². The zero-order valence-corrected chi connectivity index (χ0v) is 20.5. The average Bonchev–Trinajstić information content (AvgIpc) is 3.21. The number of nitriles is 1. The number of aromatic amines is 1. The summed E-state index contributed by atoms with van der Waals surface area (Å²) in [5.74, 6) is -0.248. The Morgan fingerprint density at radius 2 is 1.94 bits per heavy atom. The number of rotatable bonds is 5. The number of hydrogen-bond acceptors (Lipinski definition) is 6. The lowest BCUT2D eigenvalue weighted by molar-refractivity contribution is 0.439. The minimum atomic E-state index is -5.21. The summed E-state index contributed by atoms with van der Waals surface area (Å²) in [4.78, 5) is 21.1. The fourth-order valence-corrected chi connectivity index (χ4v) is 5.05. The molecule has 0 saturated heterocycles. The number of pyridine rings is 2. The summed E-state index contributed by atoms with van der Waals surface area (Å²) in [6, 6.07) is 12.4. The molecule has 0 spiro atoms. The molecule has 3 heterocycles. The van der Waals surface area contributed by atoms with E-state index in [1.807, 2.05) is 37.5 Å². The molecule has 0 fully saturated rings. The summed E-state index contributed by atoms with van der Waals surface area (Å²) in [7, 11) is -5.21. The summed E-state index contributed by atoms with van der Waals surface area (Å²) in [5.41, 5.74) is 4.45. The number of fused-ring (bicyclic) bond motifs is 4. The largest absolute Gasteiger partial charge is 0.488 e. The second kappa shape index (κ2) is 8.46.